The monoisotopic (exact) mass is 404 g/mol. The first-order valence-corrected chi connectivity index (χ1v) is 9.42. The van der Waals surface area contributed by atoms with Gasteiger partial charge in [-0.05, 0) is 25.5 Å². The van der Waals surface area contributed by atoms with E-state index in [0.29, 0.717) is 0 Å². The maximum absolute atomic E-state index is 11.4. The minimum Gasteiger partial charge on any atom is -0.394 e. The van der Waals surface area contributed by atoms with Crippen molar-refractivity contribution in [3.8, 4) is 0 Å². The summed E-state index contributed by atoms with van der Waals surface area (Å²) in [5, 5.41) is 61.2. The predicted octanol–water partition coefficient (Wildman–Crippen LogP) is -1.53. The van der Waals surface area contributed by atoms with Gasteiger partial charge in [-0.15, -0.1) is 0 Å². The van der Waals surface area contributed by atoms with Crippen molar-refractivity contribution in [1.82, 2.24) is 0 Å². The Kier molecular flexibility index (Phi) is 7.05. The highest BCUT2D eigenvalue weighted by molar-refractivity contribution is 5.87. The van der Waals surface area contributed by atoms with E-state index < -0.39 is 66.5 Å². The molecule has 1 aliphatic carbocycles. The summed E-state index contributed by atoms with van der Waals surface area (Å²) in [7, 11) is 0. The lowest BCUT2D eigenvalue weighted by atomic mass is 9.58. The summed E-state index contributed by atoms with van der Waals surface area (Å²) in [6.45, 7) is 5.93. The third-order valence-electron chi connectivity index (χ3n) is 6.08. The van der Waals surface area contributed by atoms with Gasteiger partial charge in [-0.3, -0.25) is 4.79 Å². The molecule has 0 aromatic carbocycles. The molecular formula is C19H32O9. The maximum Gasteiger partial charge on any atom is 0.187 e. The highest BCUT2D eigenvalue weighted by Crippen LogP contribution is 2.49. The molecule has 0 unspecified atom stereocenters. The maximum atomic E-state index is 11.4. The summed E-state index contributed by atoms with van der Waals surface area (Å²) in [5.74, 6) is -0.955. The average Bonchev–Trinajstić information content (AvgIpc) is 2.61. The number of hydrogen-bond donors (Lipinski definition) is 6. The summed E-state index contributed by atoms with van der Waals surface area (Å²) in [6, 6.07) is 0. The van der Waals surface area contributed by atoms with Crippen LogP contribution in [0.1, 0.15) is 34.1 Å². The van der Waals surface area contributed by atoms with Gasteiger partial charge < -0.3 is 40.1 Å². The van der Waals surface area contributed by atoms with Gasteiger partial charge in [0.15, 0.2) is 12.1 Å². The van der Waals surface area contributed by atoms with E-state index in [4.69, 9.17) is 9.47 Å². The SMILES string of the molecule is CC(=O)/C=C/[C@@]1(O)[C@H](C)[C@H](O[C@@H]2O[C@H](CO)[C@@H](O)[C@H](O)[C@H]2O)[C@@H](O)CC1(C)C. The molecule has 0 aromatic rings. The summed E-state index contributed by atoms with van der Waals surface area (Å²) < 4.78 is 11.1. The molecule has 2 rings (SSSR count). The fourth-order valence-corrected chi connectivity index (χ4v) is 4.17. The van der Waals surface area contributed by atoms with Crippen molar-refractivity contribution in [2.45, 2.75) is 82.6 Å². The zero-order valence-corrected chi connectivity index (χ0v) is 16.6. The smallest absolute Gasteiger partial charge is 0.187 e. The Morgan fingerprint density at radius 1 is 1.18 bits per heavy atom. The molecule has 0 bridgehead atoms. The van der Waals surface area contributed by atoms with Crippen LogP contribution in [0, 0.1) is 11.3 Å². The molecule has 9 nitrogen and oxygen atoms in total. The average molecular weight is 404 g/mol. The van der Waals surface area contributed by atoms with E-state index in [1.807, 2.05) is 0 Å². The van der Waals surface area contributed by atoms with Gasteiger partial charge in [-0.1, -0.05) is 20.8 Å². The molecular weight excluding hydrogens is 372 g/mol. The van der Waals surface area contributed by atoms with E-state index in [9.17, 15) is 35.4 Å². The lowest BCUT2D eigenvalue weighted by molar-refractivity contribution is -0.332. The topological polar surface area (TPSA) is 157 Å². The standard InChI is InChI=1S/C19H32O9/c1-9(21)5-6-19(26)10(2)16(11(22)7-18(19,3)4)28-17-15(25)14(24)13(23)12(8-20)27-17/h5-6,10-17,20,22-26H,7-8H2,1-4H3/b6-5+/t10-,11+,12-,13-,14+,15-,16+,17+,19-/m1/s1. The quantitative estimate of drug-likeness (QED) is 0.299. The normalized spacial score (nSPS) is 46.6. The Hall–Kier alpha value is -0.910. The first-order chi connectivity index (χ1) is 12.9. The van der Waals surface area contributed by atoms with Crippen molar-refractivity contribution in [3.63, 3.8) is 0 Å². The van der Waals surface area contributed by atoms with Crippen LogP contribution < -0.4 is 0 Å². The second-order valence-corrected chi connectivity index (χ2v) is 8.51. The second-order valence-electron chi connectivity index (χ2n) is 8.51. The molecule has 0 amide bonds. The van der Waals surface area contributed by atoms with Crippen LogP contribution in [0.25, 0.3) is 0 Å². The second kappa shape index (κ2) is 8.45. The number of ether oxygens (including phenoxy) is 2. The highest BCUT2D eigenvalue weighted by Gasteiger charge is 2.57. The van der Waals surface area contributed by atoms with Crippen molar-refractivity contribution in [2.75, 3.05) is 6.61 Å². The zero-order chi connectivity index (χ0) is 21.4. The van der Waals surface area contributed by atoms with Crippen molar-refractivity contribution < 1.29 is 44.9 Å². The number of ketones is 1. The molecule has 1 heterocycles. The molecule has 1 saturated carbocycles. The largest absolute Gasteiger partial charge is 0.394 e. The van der Waals surface area contributed by atoms with E-state index in [1.165, 1.54) is 19.1 Å². The fourth-order valence-electron chi connectivity index (χ4n) is 4.17. The number of aliphatic hydroxyl groups excluding tert-OH is 5. The van der Waals surface area contributed by atoms with Gasteiger partial charge in [0.1, 0.15) is 24.4 Å². The molecule has 0 spiro atoms. The molecule has 9 atom stereocenters. The summed E-state index contributed by atoms with van der Waals surface area (Å²) in [5.41, 5.74) is -2.29. The number of carbonyl (C=O) groups excluding carboxylic acids is 1. The minimum absolute atomic E-state index is 0.137. The van der Waals surface area contributed by atoms with Gasteiger partial charge in [0.2, 0.25) is 0 Å². The van der Waals surface area contributed by atoms with E-state index in [2.05, 4.69) is 0 Å². The first-order valence-electron chi connectivity index (χ1n) is 9.42. The van der Waals surface area contributed by atoms with Crippen LogP contribution in [0.15, 0.2) is 12.2 Å². The van der Waals surface area contributed by atoms with E-state index in [-0.39, 0.29) is 12.2 Å². The molecule has 0 radical (unpaired) electrons. The van der Waals surface area contributed by atoms with Crippen LogP contribution in [-0.2, 0) is 14.3 Å². The Morgan fingerprint density at radius 2 is 1.79 bits per heavy atom. The molecule has 2 aliphatic rings. The van der Waals surface area contributed by atoms with Crippen LogP contribution in [0.2, 0.25) is 0 Å². The first kappa shape index (κ1) is 23.4. The van der Waals surface area contributed by atoms with Gasteiger partial charge >= 0.3 is 0 Å². The van der Waals surface area contributed by atoms with Gasteiger partial charge in [0, 0.05) is 11.3 Å². The third-order valence-corrected chi connectivity index (χ3v) is 6.08. The van der Waals surface area contributed by atoms with E-state index in [0.717, 1.165) is 0 Å². The Morgan fingerprint density at radius 3 is 2.32 bits per heavy atom. The van der Waals surface area contributed by atoms with Crippen LogP contribution in [-0.4, -0.2) is 91.5 Å². The Bertz CT molecular complexity index is 590. The molecule has 9 heteroatoms. The molecule has 162 valence electrons. The Balaban J connectivity index is 2.28. The van der Waals surface area contributed by atoms with Crippen molar-refractivity contribution in [1.29, 1.82) is 0 Å². The van der Waals surface area contributed by atoms with Crippen LogP contribution in [0.3, 0.4) is 0 Å². The molecule has 6 N–H and O–H groups in total. The minimum atomic E-state index is -1.62. The van der Waals surface area contributed by atoms with Crippen LogP contribution in [0.4, 0.5) is 0 Å². The Labute approximate surface area is 164 Å². The number of aliphatic hydroxyl groups is 6. The molecule has 0 aromatic heterocycles. The van der Waals surface area contributed by atoms with Gasteiger partial charge in [0.25, 0.3) is 0 Å². The molecule has 1 saturated heterocycles. The summed E-state index contributed by atoms with van der Waals surface area (Å²) in [4.78, 5) is 11.4. The fraction of sp³-hybridized carbons (Fsp3) is 0.842. The van der Waals surface area contributed by atoms with Crippen molar-refractivity contribution in [3.05, 3.63) is 12.2 Å². The lowest BCUT2D eigenvalue weighted by Gasteiger charge is -2.54. The molecule has 2 fully saturated rings. The van der Waals surface area contributed by atoms with Crippen LogP contribution in [0.5, 0.6) is 0 Å². The summed E-state index contributed by atoms with van der Waals surface area (Å²) >= 11 is 0. The molecule has 28 heavy (non-hydrogen) atoms. The van der Waals surface area contributed by atoms with Gasteiger partial charge in [0.05, 0.1) is 24.4 Å². The molecule has 1 aliphatic heterocycles. The highest BCUT2D eigenvalue weighted by atomic mass is 16.7. The van der Waals surface area contributed by atoms with Crippen molar-refractivity contribution in [2.24, 2.45) is 11.3 Å². The number of carbonyl (C=O) groups is 1. The van der Waals surface area contributed by atoms with E-state index >= 15 is 0 Å². The summed E-state index contributed by atoms with van der Waals surface area (Å²) in [6.07, 6.45) is -6.56. The van der Waals surface area contributed by atoms with Gasteiger partial charge in [-0.2, -0.15) is 0 Å². The van der Waals surface area contributed by atoms with Crippen LogP contribution >= 0.6 is 0 Å². The third kappa shape index (κ3) is 4.17. The predicted molar refractivity (Wildman–Crippen MR) is 97.0 cm³/mol. The lowest BCUT2D eigenvalue weighted by Crippen LogP contribution is -2.64. The number of allylic oxidation sites excluding steroid dienone is 1. The van der Waals surface area contributed by atoms with Crippen molar-refractivity contribution >= 4 is 5.78 Å². The van der Waals surface area contributed by atoms with E-state index in [1.54, 1.807) is 20.8 Å². The number of rotatable bonds is 5. The number of hydrogen-bond acceptors (Lipinski definition) is 9. The zero-order valence-electron chi connectivity index (χ0n) is 16.6. The van der Waals surface area contributed by atoms with Gasteiger partial charge in [-0.25, -0.2) is 0 Å².